The summed E-state index contributed by atoms with van der Waals surface area (Å²) in [5.41, 5.74) is 0. The number of hydrogen-bond donors (Lipinski definition) is 2. The van der Waals surface area contributed by atoms with Gasteiger partial charge in [0.05, 0.1) is 35.8 Å². The fraction of sp³-hybridized carbons (Fsp3) is 0.818. The van der Waals surface area contributed by atoms with E-state index in [-0.39, 0.29) is 6.61 Å². The van der Waals surface area contributed by atoms with E-state index in [1.54, 1.807) is 6.11 Å². The molecule has 0 heterocycles. The molecule has 0 aliphatic heterocycles. The van der Waals surface area contributed by atoms with Gasteiger partial charge in [-0.25, -0.2) is 0 Å². The Morgan fingerprint density at radius 1 is 1.53 bits per heavy atom. The van der Waals surface area contributed by atoms with E-state index in [0.717, 1.165) is 17.4 Å². The molecule has 0 amide bonds. The first kappa shape index (κ1) is 20.9. The van der Waals surface area contributed by atoms with Crippen LogP contribution in [0.5, 0.6) is 0 Å². The van der Waals surface area contributed by atoms with Crippen LogP contribution in [0.3, 0.4) is 0 Å². The van der Waals surface area contributed by atoms with Crippen molar-refractivity contribution >= 4 is 8.60 Å². The Morgan fingerprint density at radius 2 is 2.05 bits per heavy atom. The zero-order valence-electron chi connectivity index (χ0n) is 12.0. The zero-order valence-corrected chi connectivity index (χ0v) is 12.9. The predicted molar refractivity (Wildman–Crippen MR) is 72.1 cm³/mol. The number of terminal acetylenes is 1. The summed E-state index contributed by atoms with van der Waals surface area (Å²) < 4.78 is 9.98. The minimum absolute atomic E-state index is 0.0500. The third kappa shape index (κ3) is 15.5. The molecule has 0 radical (unpaired) electrons. The number of aliphatic hydroxyl groups excluding tert-OH is 1. The quantitative estimate of drug-likeness (QED) is 0.272. The summed E-state index contributed by atoms with van der Waals surface area (Å²) >= 11 is 0. The number of nitrogens with two attached hydrogens (primary N) is 1. The third-order valence-corrected chi connectivity index (χ3v) is 2.78. The molecule has 2 atom stereocenters. The first-order valence-corrected chi connectivity index (χ1v) is 6.88. The molecule has 7 nitrogen and oxygen atoms in total. The number of nitrogens with zero attached hydrogens (tertiary/aromatic N) is 1. The van der Waals surface area contributed by atoms with E-state index in [2.05, 4.69) is 28.6 Å². The standard InChI is InChI=1S/C9H22NO4P.C2H3NO/c1-5-6-10(2,3)7-9(11)8-14-15(12)13-4;1-2-4-3/h9,11H,5-8H2,1-4H3;1H,3H2. The molecule has 2 unspecified atom stereocenters. The second-order valence-electron chi connectivity index (χ2n) is 4.43. The van der Waals surface area contributed by atoms with Crippen molar-refractivity contribution in [3.8, 4) is 12.5 Å². The first-order valence-electron chi connectivity index (χ1n) is 5.78. The van der Waals surface area contributed by atoms with Crippen molar-refractivity contribution in [1.82, 2.24) is 0 Å². The van der Waals surface area contributed by atoms with E-state index in [1.165, 1.54) is 7.11 Å². The molecule has 0 aliphatic carbocycles. The van der Waals surface area contributed by atoms with Crippen molar-refractivity contribution in [2.45, 2.75) is 19.4 Å². The average molecular weight is 296 g/mol. The van der Waals surface area contributed by atoms with Gasteiger partial charge >= 0.3 is 0 Å². The molecule has 0 spiro atoms. The number of quaternary nitrogens is 1. The topological polar surface area (TPSA) is 97.0 Å². The van der Waals surface area contributed by atoms with Gasteiger partial charge in [-0.15, -0.1) is 0 Å². The van der Waals surface area contributed by atoms with E-state index in [0.29, 0.717) is 6.54 Å². The van der Waals surface area contributed by atoms with Crippen molar-refractivity contribution in [2.75, 3.05) is 40.9 Å². The predicted octanol–water partition coefficient (Wildman–Crippen LogP) is -0.449. The number of likely N-dealkylation sites (N-methyl/N-ethyl adjacent to an activating group) is 1. The molecule has 0 bridgehead atoms. The van der Waals surface area contributed by atoms with Crippen molar-refractivity contribution in [3.05, 3.63) is 0 Å². The second-order valence-corrected chi connectivity index (χ2v) is 5.50. The molecular formula is C11H25N2O5P. The van der Waals surface area contributed by atoms with Crippen LogP contribution >= 0.6 is 8.60 Å². The summed E-state index contributed by atoms with van der Waals surface area (Å²) in [5, 5.41) is 9.63. The lowest BCUT2D eigenvalue weighted by Gasteiger charge is -2.32. The Bertz CT molecular complexity index is 248. The zero-order chi connectivity index (χ0) is 15.3. The maximum Gasteiger partial charge on any atom is 0.133 e. The van der Waals surface area contributed by atoms with Crippen molar-refractivity contribution in [3.63, 3.8) is 0 Å². The molecule has 0 aromatic heterocycles. The van der Waals surface area contributed by atoms with Gasteiger partial charge < -0.3 is 28.4 Å². The largest absolute Gasteiger partial charge is 0.786 e. The minimum Gasteiger partial charge on any atom is -0.786 e. The lowest BCUT2D eigenvalue weighted by molar-refractivity contribution is -0.893. The maximum absolute atomic E-state index is 10.8. The summed E-state index contributed by atoms with van der Waals surface area (Å²) in [5.74, 6) is 4.29. The van der Waals surface area contributed by atoms with Gasteiger partial charge in [0.15, 0.2) is 0 Å². The van der Waals surface area contributed by atoms with Crippen molar-refractivity contribution in [1.29, 1.82) is 0 Å². The van der Waals surface area contributed by atoms with Gasteiger partial charge in [-0.2, -0.15) is 5.90 Å². The summed E-state index contributed by atoms with van der Waals surface area (Å²) in [6.07, 6.45) is 6.59. The molecule has 114 valence electrons. The Kier molecular flexibility index (Phi) is 13.8. The first-order chi connectivity index (χ1) is 8.82. The van der Waals surface area contributed by atoms with Gasteiger partial charge in [-0.3, -0.25) is 0 Å². The molecule has 3 N–H and O–H groups in total. The van der Waals surface area contributed by atoms with Crippen LogP contribution in [0.25, 0.3) is 0 Å². The number of aliphatic hydroxyl groups is 1. The molecule has 0 aliphatic rings. The molecule has 0 aromatic carbocycles. The summed E-state index contributed by atoms with van der Waals surface area (Å²) in [6, 6.07) is 0. The smallest absolute Gasteiger partial charge is 0.133 e. The Morgan fingerprint density at radius 3 is 2.42 bits per heavy atom. The summed E-state index contributed by atoms with van der Waals surface area (Å²) in [4.78, 5) is 14.4. The van der Waals surface area contributed by atoms with Gasteiger partial charge in [0.1, 0.15) is 18.8 Å². The lowest BCUT2D eigenvalue weighted by Crippen LogP contribution is -2.46. The fourth-order valence-electron chi connectivity index (χ4n) is 1.52. The number of hydrogen-bond acceptors (Lipinski definition) is 6. The van der Waals surface area contributed by atoms with Crippen LogP contribution < -0.4 is 10.8 Å². The molecular weight excluding hydrogens is 271 g/mol. The van der Waals surface area contributed by atoms with Crippen LogP contribution in [0.1, 0.15) is 13.3 Å². The Balaban J connectivity index is 0. The van der Waals surface area contributed by atoms with Crippen molar-refractivity contribution in [2.24, 2.45) is 5.90 Å². The highest BCUT2D eigenvalue weighted by Gasteiger charge is 2.19. The molecule has 0 saturated carbocycles. The molecule has 8 heteroatoms. The van der Waals surface area contributed by atoms with Crippen LogP contribution in [0.15, 0.2) is 0 Å². The third-order valence-electron chi connectivity index (χ3n) is 2.12. The number of rotatable bonds is 8. The Labute approximate surface area is 116 Å². The van der Waals surface area contributed by atoms with Gasteiger partial charge in [0, 0.05) is 7.11 Å². The van der Waals surface area contributed by atoms with Crippen LogP contribution in [0.4, 0.5) is 0 Å². The lowest BCUT2D eigenvalue weighted by atomic mass is 10.3. The van der Waals surface area contributed by atoms with E-state index >= 15 is 0 Å². The van der Waals surface area contributed by atoms with Gasteiger partial charge in [0.25, 0.3) is 0 Å². The normalized spacial score (nSPS) is 13.8. The van der Waals surface area contributed by atoms with E-state index in [1.807, 2.05) is 14.1 Å². The van der Waals surface area contributed by atoms with E-state index < -0.39 is 14.7 Å². The molecule has 0 aromatic rings. The van der Waals surface area contributed by atoms with Crippen LogP contribution in [-0.4, -0.2) is 56.6 Å². The van der Waals surface area contributed by atoms with Crippen LogP contribution in [-0.2, 0) is 13.9 Å². The van der Waals surface area contributed by atoms with E-state index in [4.69, 9.17) is 4.52 Å². The summed E-state index contributed by atoms with van der Waals surface area (Å²) in [7, 11) is 3.32. The molecule has 19 heavy (non-hydrogen) atoms. The maximum atomic E-state index is 10.8. The highest BCUT2D eigenvalue weighted by Crippen LogP contribution is 2.25. The van der Waals surface area contributed by atoms with Crippen molar-refractivity contribution < 1.29 is 28.4 Å². The SMILES string of the molecule is C#CON.CCC[N+](C)(C)CC(O)COP([O-])OC. The van der Waals surface area contributed by atoms with Gasteiger partial charge in [0.2, 0.25) is 0 Å². The van der Waals surface area contributed by atoms with E-state index in [9.17, 15) is 10.00 Å². The molecule has 0 rings (SSSR count). The monoisotopic (exact) mass is 296 g/mol. The highest BCUT2D eigenvalue weighted by atomic mass is 31.2. The highest BCUT2D eigenvalue weighted by molar-refractivity contribution is 7.38. The Hall–Kier alpha value is -0.450. The summed E-state index contributed by atoms with van der Waals surface area (Å²) in [6.45, 7) is 3.73. The van der Waals surface area contributed by atoms with Crippen LogP contribution in [0.2, 0.25) is 0 Å². The second kappa shape index (κ2) is 12.6. The minimum atomic E-state index is -2.08. The van der Waals surface area contributed by atoms with Crippen LogP contribution in [0, 0.1) is 12.5 Å². The van der Waals surface area contributed by atoms with Gasteiger partial charge in [-0.05, 0) is 6.42 Å². The van der Waals surface area contributed by atoms with Gasteiger partial charge in [-0.1, -0.05) is 13.3 Å². The fourth-order valence-corrected chi connectivity index (χ4v) is 1.92. The average Bonchev–Trinajstić information content (AvgIpc) is 2.35. The molecule has 0 fully saturated rings. The molecule has 0 saturated heterocycles.